The summed E-state index contributed by atoms with van der Waals surface area (Å²) in [6.45, 7) is 16.1. The fourth-order valence-corrected chi connectivity index (χ4v) is 15.4. The van der Waals surface area contributed by atoms with Gasteiger partial charge in [0.2, 0.25) is 0 Å². The van der Waals surface area contributed by atoms with Gasteiger partial charge in [0.05, 0.1) is 30.3 Å². The second-order valence-corrected chi connectivity index (χ2v) is 24.9. The van der Waals surface area contributed by atoms with Crippen molar-refractivity contribution in [3.8, 4) is 0 Å². The van der Waals surface area contributed by atoms with Crippen molar-refractivity contribution in [2.24, 2.45) is 55.4 Å². The Balaban J connectivity index is 0.000000347. The number of fused-ring (bicyclic) bond motifs is 7. The minimum absolute atomic E-state index is 0.0217. The number of allylic oxidation sites excluding steroid dienone is 2. The highest BCUT2D eigenvalue weighted by Gasteiger charge is 2.71. The van der Waals surface area contributed by atoms with Crippen LogP contribution in [0.2, 0.25) is 0 Å². The summed E-state index contributed by atoms with van der Waals surface area (Å²) < 4.78 is 30.1. The van der Waals surface area contributed by atoms with Crippen molar-refractivity contribution in [2.45, 2.75) is 205 Å². The highest BCUT2D eigenvalue weighted by Crippen LogP contribution is 2.75. The number of H-pyrrole nitrogens is 1. The molecule has 1 aromatic rings. The van der Waals surface area contributed by atoms with Gasteiger partial charge in [0.15, 0.2) is 30.6 Å². The lowest BCUT2D eigenvalue weighted by Crippen LogP contribution is -2.68. The van der Waals surface area contributed by atoms with E-state index in [0.717, 1.165) is 37.7 Å². The number of rotatable bonds is 10. The van der Waals surface area contributed by atoms with Crippen molar-refractivity contribution in [1.29, 1.82) is 0 Å². The van der Waals surface area contributed by atoms with Gasteiger partial charge in [-0.1, -0.05) is 52.2 Å². The van der Waals surface area contributed by atoms with E-state index in [1.807, 2.05) is 26.8 Å². The molecule has 0 aromatic carbocycles. The third-order valence-corrected chi connectivity index (χ3v) is 20.3. The fourth-order valence-electron chi connectivity index (χ4n) is 15.4. The lowest BCUT2D eigenvalue weighted by atomic mass is 9.33. The van der Waals surface area contributed by atoms with E-state index in [0.29, 0.717) is 31.2 Å². The molecule has 4 saturated carbocycles. The second-order valence-electron chi connectivity index (χ2n) is 24.9. The summed E-state index contributed by atoms with van der Waals surface area (Å²) in [5.41, 5.74) is 5.95. The number of ether oxygens (including phenoxy) is 5. The number of aliphatic carboxylic acids is 3. The van der Waals surface area contributed by atoms with Gasteiger partial charge in [-0.2, -0.15) is 0 Å². The number of nitrogens with one attached hydrogen (secondary N) is 1. The third-order valence-electron chi connectivity index (χ3n) is 20.3. The van der Waals surface area contributed by atoms with E-state index in [2.05, 4.69) is 42.7 Å². The minimum Gasteiger partial charge on any atom is -0.481 e. The van der Waals surface area contributed by atoms with Gasteiger partial charge < -0.3 is 69.6 Å². The molecular formula is C52H75N5O20. The summed E-state index contributed by atoms with van der Waals surface area (Å²) in [5.74, 6) is -4.47. The molecule has 8 aliphatic rings. The number of carbonyl (C=O) groups is 4. The Morgan fingerprint density at radius 1 is 0.805 bits per heavy atom. The van der Waals surface area contributed by atoms with Crippen LogP contribution in [0.15, 0.2) is 32.5 Å². The molecule has 4 heterocycles. The number of aromatic nitrogens is 2. The van der Waals surface area contributed by atoms with Crippen molar-refractivity contribution in [1.82, 2.24) is 9.55 Å². The molecule has 77 heavy (non-hydrogen) atoms. The Bertz CT molecular complexity index is 2690. The average molecular weight is 1090 g/mol. The first-order valence-corrected chi connectivity index (χ1v) is 26.4. The Labute approximate surface area is 443 Å². The molecule has 428 valence electrons. The molecule has 3 aliphatic heterocycles. The predicted octanol–water partition coefficient (Wildman–Crippen LogP) is 2.05. The zero-order chi connectivity index (χ0) is 56.9. The van der Waals surface area contributed by atoms with E-state index in [-0.39, 0.29) is 47.4 Å². The summed E-state index contributed by atoms with van der Waals surface area (Å²) in [6, 6.07) is -0.542. The maximum absolute atomic E-state index is 14.8. The summed E-state index contributed by atoms with van der Waals surface area (Å²) in [7, 11) is 0. The molecule has 9 rings (SSSR count). The van der Waals surface area contributed by atoms with Gasteiger partial charge in [-0.05, 0) is 122 Å². The van der Waals surface area contributed by atoms with Gasteiger partial charge in [0.25, 0.3) is 5.56 Å². The van der Waals surface area contributed by atoms with Crippen LogP contribution in [0, 0.1) is 57.2 Å². The van der Waals surface area contributed by atoms with Gasteiger partial charge >= 0.3 is 23.6 Å². The molecule has 0 radical (unpaired) electrons. The number of carbonyl (C=O) groups excluding carboxylic acids is 1. The second kappa shape index (κ2) is 20.8. The first kappa shape index (κ1) is 58.5. The molecule has 3 saturated heterocycles. The van der Waals surface area contributed by atoms with Gasteiger partial charge in [0, 0.05) is 29.0 Å². The SMILES string of the molecule is CC1(C)[C@@H](OC2O[C@H](C(=O)O)[C@@H](O)[C@H](O)[C@H]2O[C@@H]2O[C@H](C(=O)O)[C@@H](O)[C@H](O)[C@H]2O)CC[C@]2(C)[C@H]3C(=O)C=C4[C@@H]5C[C@@](C)(C(=O)O)CC[C@]5(C)CC[C@@]4(C)[C@]3(C)CC[C@@H]12.Cc1cn([C@H]2C[C@H](N=[N+]=[N-])[C@@H](CO)O2)c(=O)[nH]c1=O. The Hall–Kier alpha value is -4.63. The van der Waals surface area contributed by atoms with Crippen molar-refractivity contribution in [3.05, 3.63) is 54.7 Å². The molecule has 5 aliphatic carbocycles. The van der Waals surface area contributed by atoms with E-state index < -0.39 is 137 Å². The predicted molar refractivity (Wildman–Crippen MR) is 264 cm³/mol. The first-order chi connectivity index (χ1) is 35.8. The van der Waals surface area contributed by atoms with E-state index in [9.17, 15) is 69.6 Å². The van der Waals surface area contributed by atoms with Crippen LogP contribution in [0.1, 0.15) is 124 Å². The maximum atomic E-state index is 14.8. The maximum Gasteiger partial charge on any atom is 0.335 e. The van der Waals surface area contributed by atoms with Crippen LogP contribution in [0.5, 0.6) is 0 Å². The number of nitrogens with zero attached hydrogens (tertiary/aromatic N) is 4. The number of carboxylic acid groups (broad SMARTS) is 3. The van der Waals surface area contributed by atoms with E-state index in [4.69, 9.17) is 34.3 Å². The standard InChI is InChI=1S/C42H62O16.C10H13N5O4/c1-37(2)21-8-11-42(7)31(20(43)16-18-19-17-39(4,36(53)54)13-12-38(19,3)14-15-41(18,42)6)40(21,5)10-9-22(37)55-35-30(26(47)25(46)29(57-35)33(51)52)58-34-27(48)23(44)24(45)28(56-34)32(49)50;1-5-3-15(10(18)12-9(5)17)8-2-6(13-14-11)7(4-16)19-8/h16,19,21-31,34-35,44-48H,8-15,17H2,1-7H3,(H,49,50)(H,51,52)(H,53,54);3,6-8,16H,2,4H2,1H3,(H,12,17,18)/t19-,21-,22-,23-,24-,25-,26-,27+,28-,29-,30+,31+,34-,35?,38+,39-,40-,41+,42+;6-,7+,8+/m00/s1. The number of aryl methyl sites for hydroxylation is 1. The normalized spacial score (nSPS) is 46.0. The van der Waals surface area contributed by atoms with Crippen LogP contribution in [0.4, 0.5) is 0 Å². The Morgan fingerprint density at radius 3 is 2.04 bits per heavy atom. The van der Waals surface area contributed by atoms with Crippen LogP contribution in [0.3, 0.4) is 0 Å². The number of aliphatic hydroxyl groups is 6. The van der Waals surface area contributed by atoms with Crippen molar-refractivity contribution in [3.63, 3.8) is 0 Å². The topological polar surface area (TPSA) is 400 Å². The molecule has 0 spiro atoms. The molecule has 7 fully saturated rings. The van der Waals surface area contributed by atoms with E-state index in [1.54, 1.807) is 6.92 Å². The number of hydrogen-bond acceptors (Lipinski definition) is 18. The lowest BCUT2D eigenvalue weighted by molar-refractivity contribution is -0.371. The van der Waals surface area contributed by atoms with Crippen LogP contribution in [-0.2, 0) is 42.9 Å². The molecular weight excluding hydrogens is 1010 g/mol. The minimum atomic E-state index is -2.05. The zero-order valence-electron chi connectivity index (χ0n) is 44.6. The zero-order valence-corrected chi connectivity index (χ0v) is 44.6. The van der Waals surface area contributed by atoms with Crippen LogP contribution in [0.25, 0.3) is 10.4 Å². The number of aromatic amines is 1. The number of aliphatic hydroxyl groups excluding tert-OH is 6. The quantitative estimate of drug-likeness (QED) is 0.0693. The third kappa shape index (κ3) is 9.68. The molecule has 1 unspecified atom stereocenters. The first-order valence-electron chi connectivity index (χ1n) is 26.4. The number of hydrogen-bond donors (Lipinski definition) is 10. The largest absolute Gasteiger partial charge is 0.481 e. The smallest absolute Gasteiger partial charge is 0.335 e. The molecule has 1 aromatic heterocycles. The number of azide groups is 1. The highest BCUT2D eigenvalue weighted by molar-refractivity contribution is 5.95. The molecule has 0 bridgehead atoms. The monoisotopic (exact) mass is 1090 g/mol. The summed E-state index contributed by atoms with van der Waals surface area (Å²) >= 11 is 0. The summed E-state index contributed by atoms with van der Waals surface area (Å²) in [4.78, 5) is 79.1. The molecule has 10 N–H and O–H groups in total. The van der Waals surface area contributed by atoms with Crippen LogP contribution in [-0.4, -0.2) is 165 Å². The lowest BCUT2D eigenvalue weighted by Gasteiger charge is -2.70. The van der Waals surface area contributed by atoms with Crippen LogP contribution < -0.4 is 11.2 Å². The summed E-state index contributed by atoms with van der Waals surface area (Å²) in [5, 5.41) is 95.7. The highest BCUT2D eigenvalue weighted by atomic mass is 16.8. The van der Waals surface area contributed by atoms with Crippen molar-refractivity contribution >= 4 is 23.7 Å². The van der Waals surface area contributed by atoms with Crippen LogP contribution >= 0.6 is 0 Å². The molecule has 0 amide bonds. The Morgan fingerprint density at radius 2 is 1.43 bits per heavy atom. The summed E-state index contributed by atoms with van der Waals surface area (Å²) in [6.07, 6.45) is -11.9. The van der Waals surface area contributed by atoms with E-state index in [1.165, 1.54) is 10.8 Å². The average Bonchev–Trinajstić information content (AvgIpc) is 3.87. The Kier molecular flexibility index (Phi) is 15.8. The van der Waals surface area contributed by atoms with Crippen molar-refractivity contribution < 1.29 is 88.8 Å². The van der Waals surface area contributed by atoms with E-state index >= 15 is 0 Å². The van der Waals surface area contributed by atoms with Gasteiger partial charge in [-0.25, -0.2) is 14.4 Å². The molecule has 25 nitrogen and oxygen atoms in total. The fraction of sp³-hybridized carbons (Fsp3) is 0.808. The molecule has 25 heteroatoms. The van der Waals surface area contributed by atoms with Crippen molar-refractivity contribution in [2.75, 3.05) is 6.61 Å². The molecule has 22 atom stereocenters. The van der Waals surface area contributed by atoms with Gasteiger partial charge in [-0.15, -0.1) is 0 Å². The number of ketones is 1. The number of carboxylic acids is 3. The van der Waals surface area contributed by atoms with Gasteiger partial charge in [-0.3, -0.25) is 23.9 Å². The van der Waals surface area contributed by atoms with Gasteiger partial charge in [0.1, 0.15) is 42.9 Å².